The maximum absolute atomic E-state index is 12.7. The van der Waals surface area contributed by atoms with Crippen molar-refractivity contribution in [3.8, 4) is 0 Å². The van der Waals surface area contributed by atoms with Crippen LogP contribution in [0.3, 0.4) is 0 Å². The molecule has 1 aliphatic heterocycles. The molecule has 9 nitrogen and oxygen atoms in total. The van der Waals surface area contributed by atoms with Crippen molar-refractivity contribution in [3.63, 3.8) is 0 Å². The van der Waals surface area contributed by atoms with Gasteiger partial charge in [0.2, 0.25) is 10.5 Å². The van der Waals surface area contributed by atoms with E-state index in [9.17, 15) is 4.79 Å². The number of fused-ring (bicyclic) bond motifs is 3. The maximum atomic E-state index is 12.7. The van der Waals surface area contributed by atoms with E-state index in [1.807, 2.05) is 45.0 Å². The first-order valence-electron chi connectivity index (χ1n) is 9.68. The molecule has 3 aromatic heterocycles. The SMILES string of the molecule is Cn1cnnc1C1CCN(Cn2nc3n(C)c(=O)c4ccccc4n3c2=S)CC1. The largest absolute Gasteiger partial charge is 0.320 e. The molecule has 1 aromatic carbocycles. The summed E-state index contributed by atoms with van der Waals surface area (Å²) in [6.07, 6.45) is 3.80. The van der Waals surface area contributed by atoms with Crippen LogP contribution in [0.4, 0.5) is 0 Å². The summed E-state index contributed by atoms with van der Waals surface area (Å²) in [5, 5.41) is 13.6. The highest BCUT2D eigenvalue weighted by molar-refractivity contribution is 7.71. The van der Waals surface area contributed by atoms with Gasteiger partial charge in [-0.25, -0.2) is 4.68 Å². The third-order valence-corrected chi connectivity index (χ3v) is 6.23. The lowest BCUT2D eigenvalue weighted by atomic mass is 9.96. The van der Waals surface area contributed by atoms with Gasteiger partial charge in [-0.15, -0.1) is 15.3 Å². The highest BCUT2D eigenvalue weighted by Crippen LogP contribution is 2.26. The smallest absolute Gasteiger partial charge is 0.262 e. The van der Waals surface area contributed by atoms with Crippen LogP contribution in [-0.4, -0.2) is 51.5 Å². The second-order valence-corrected chi connectivity index (χ2v) is 8.00. The first-order chi connectivity index (χ1) is 14.0. The van der Waals surface area contributed by atoms with Gasteiger partial charge in [-0.05, 0) is 37.2 Å². The van der Waals surface area contributed by atoms with E-state index in [-0.39, 0.29) is 5.56 Å². The van der Waals surface area contributed by atoms with E-state index in [1.54, 1.807) is 17.9 Å². The summed E-state index contributed by atoms with van der Waals surface area (Å²) in [6, 6.07) is 7.52. The molecule has 150 valence electrons. The second-order valence-electron chi connectivity index (χ2n) is 7.63. The lowest BCUT2D eigenvalue weighted by molar-refractivity contribution is 0.158. The predicted octanol–water partition coefficient (Wildman–Crippen LogP) is 1.68. The molecule has 0 aliphatic carbocycles. The Morgan fingerprint density at radius 1 is 1.17 bits per heavy atom. The zero-order chi connectivity index (χ0) is 20.1. The first-order valence-corrected chi connectivity index (χ1v) is 10.1. The van der Waals surface area contributed by atoms with Gasteiger partial charge in [-0.1, -0.05) is 12.1 Å². The van der Waals surface area contributed by atoms with Crippen LogP contribution in [-0.2, 0) is 20.8 Å². The molecule has 5 rings (SSSR count). The Hall–Kier alpha value is -2.85. The molecule has 4 aromatic rings. The fourth-order valence-corrected chi connectivity index (χ4v) is 4.50. The summed E-state index contributed by atoms with van der Waals surface area (Å²) in [5.74, 6) is 2.04. The molecule has 1 saturated heterocycles. The van der Waals surface area contributed by atoms with Crippen LogP contribution in [0.25, 0.3) is 16.7 Å². The van der Waals surface area contributed by atoms with Crippen LogP contribution in [0.1, 0.15) is 24.6 Å². The molecule has 0 saturated carbocycles. The van der Waals surface area contributed by atoms with E-state index in [4.69, 9.17) is 12.2 Å². The van der Waals surface area contributed by atoms with Crippen molar-refractivity contribution in [2.24, 2.45) is 14.1 Å². The quantitative estimate of drug-likeness (QED) is 0.478. The molecule has 1 fully saturated rings. The van der Waals surface area contributed by atoms with Crippen molar-refractivity contribution in [2.75, 3.05) is 13.1 Å². The zero-order valence-electron chi connectivity index (χ0n) is 16.4. The monoisotopic (exact) mass is 410 g/mol. The number of hydrogen-bond donors (Lipinski definition) is 0. The van der Waals surface area contributed by atoms with Crippen LogP contribution in [0.15, 0.2) is 35.4 Å². The molecule has 0 N–H and O–H groups in total. The van der Waals surface area contributed by atoms with Crippen molar-refractivity contribution >= 4 is 28.9 Å². The topological polar surface area (TPSA) is 78.2 Å². The summed E-state index contributed by atoms with van der Waals surface area (Å²) in [7, 11) is 3.73. The summed E-state index contributed by atoms with van der Waals surface area (Å²) < 4.78 is 7.87. The van der Waals surface area contributed by atoms with Gasteiger partial charge in [0.15, 0.2) is 0 Å². The van der Waals surface area contributed by atoms with E-state index in [0.717, 1.165) is 37.3 Å². The third-order valence-electron chi connectivity index (χ3n) is 5.84. The number of hydrogen-bond acceptors (Lipinski definition) is 6. The van der Waals surface area contributed by atoms with Crippen molar-refractivity contribution in [2.45, 2.75) is 25.4 Å². The fraction of sp³-hybridized carbons (Fsp3) is 0.421. The van der Waals surface area contributed by atoms with Crippen LogP contribution in [0, 0.1) is 4.77 Å². The van der Waals surface area contributed by atoms with Gasteiger partial charge in [0.25, 0.3) is 5.56 Å². The fourth-order valence-electron chi connectivity index (χ4n) is 4.22. The molecule has 29 heavy (non-hydrogen) atoms. The Labute approximate surface area is 171 Å². The number of rotatable bonds is 3. The number of aromatic nitrogens is 7. The Bertz CT molecular complexity index is 1320. The van der Waals surface area contributed by atoms with Gasteiger partial charge in [-0.2, -0.15) is 0 Å². The predicted molar refractivity (Wildman–Crippen MR) is 111 cm³/mol. The lowest BCUT2D eigenvalue weighted by Crippen LogP contribution is -2.35. The standard InChI is InChI=1S/C19H22N8OS/c1-23-11-20-21-16(23)13-7-9-25(10-8-13)12-26-19(29)27-15-6-4-3-5-14(15)17(28)24(2)18(27)22-26/h3-6,11,13H,7-10,12H2,1-2H3. The van der Waals surface area contributed by atoms with Gasteiger partial charge in [0.05, 0.1) is 17.6 Å². The molecule has 0 unspecified atom stereocenters. The van der Waals surface area contributed by atoms with Crippen LogP contribution in [0.5, 0.6) is 0 Å². The summed E-state index contributed by atoms with van der Waals surface area (Å²) >= 11 is 5.73. The van der Waals surface area contributed by atoms with Gasteiger partial charge < -0.3 is 4.57 Å². The molecule has 0 atom stereocenters. The highest BCUT2D eigenvalue weighted by atomic mass is 32.1. The van der Waals surface area contributed by atoms with Crippen LogP contribution in [0.2, 0.25) is 0 Å². The van der Waals surface area contributed by atoms with Crippen molar-refractivity contribution in [1.82, 2.24) is 38.4 Å². The minimum Gasteiger partial charge on any atom is -0.320 e. The highest BCUT2D eigenvalue weighted by Gasteiger charge is 2.24. The van der Waals surface area contributed by atoms with E-state index in [0.29, 0.717) is 28.5 Å². The van der Waals surface area contributed by atoms with Gasteiger partial charge in [0.1, 0.15) is 12.2 Å². The average molecular weight is 411 g/mol. The summed E-state index contributed by atoms with van der Waals surface area (Å²) in [4.78, 5) is 15.0. The van der Waals surface area contributed by atoms with E-state index < -0.39 is 0 Å². The van der Waals surface area contributed by atoms with Crippen LogP contribution < -0.4 is 5.56 Å². The molecule has 0 spiro atoms. The number of aryl methyl sites for hydroxylation is 2. The van der Waals surface area contributed by atoms with E-state index >= 15 is 0 Å². The van der Waals surface area contributed by atoms with Gasteiger partial charge >= 0.3 is 0 Å². The molecular weight excluding hydrogens is 388 g/mol. The van der Waals surface area contributed by atoms with Crippen molar-refractivity contribution in [3.05, 3.63) is 51.5 Å². The Morgan fingerprint density at radius 3 is 2.66 bits per heavy atom. The minimum atomic E-state index is -0.0651. The maximum Gasteiger partial charge on any atom is 0.262 e. The summed E-state index contributed by atoms with van der Waals surface area (Å²) in [5.41, 5.74) is 0.729. The van der Waals surface area contributed by atoms with Crippen molar-refractivity contribution < 1.29 is 0 Å². The normalized spacial score (nSPS) is 16.2. The molecule has 1 aliphatic rings. The number of likely N-dealkylation sites (tertiary alicyclic amines) is 1. The minimum absolute atomic E-state index is 0.0651. The number of nitrogens with zero attached hydrogens (tertiary/aromatic N) is 8. The molecule has 0 radical (unpaired) electrons. The number of para-hydroxylation sites is 1. The van der Waals surface area contributed by atoms with Gasteiger partial charge in [0, 0.05) is 33.1 Å². The first kappa shape index (κ1) is 18.2. The number of benzene rings is 1. The number of piperidine rings is 1. The third kappa shape index (κ3) is 2.90. The average Bonchev–Trinajstić information content (AvgIpc) is 3.30. The Kier molecular flexibility index (Phi) is 4.32. The molecule has 4 heterocycles. The molecule has 0 amide bonds. The molecule has 10 heteroatoms. The Balaban J connectivity index is 1.45. The van der Waals surface area contributed by atoms with Crippen molar-refractivity contribution in [1.29, 1.82) is 0 Å². The van der Waals surface area contributed by atoms with Gasteiger partial charge in [-0.3, -0.25) is 18.7 Å². The lowest BCUT2D eigenvalue weighted by Gasteiger charge is -2.30. The molecule has 0 bridgehead atoms. The summed E-state index contributed by atoms with van der Waals surface area (Å²) in [6.45, 7) is 2.48. The Morgan fingerprint density at radius 2 is 1.93 bits per heavy atom. The van der Waals surface area contributed by atoms with Crippen LogP contribution >= 0.6 is 12.2 Å². The van der Waals surface area contributed by atoms with E-state index in [2.05, 4.69) is 20.2 Å². The zero-order valence-corrected chi connectivity index (χ0v) is 17.2. The van der Waals surface area contributed by atoms with E-state index in [1.165, 1.54) is 0 Å². The second kappa shape index (κ2) is 6.89. The molecular formula is C19H22N8OS.